The molecule has 2 aromatic rings. The number of aryl methyl sites for hydroxylation is 1. The van der Waals surface area contributed by atoms with E-state index < -0.39 is 10.0 Å². The SMILES string of the molecule is COCCCN(CC(=O)N(Cc1cccn1C)CC(C)C)S(=O)(=O)c1ccccc1. The van der Waals surface area contributed by atoms with E-state index in [9.17, 15) is 13.2 Å². The second-order valence-electron chi connectivity index (χ2n) is 7.78. The van der Waals surface area contributed by atoms with E-state index in [1.165, 1.54) is 4.31 Å². The van der Waals surface area contributed by atoms with Crippen LogP contribution >= 0.6 is 0 Å². The second kappa shape index (κ2) is 11.3. The molecule has 0 atom stereocenters. The van der Waals surface area contributed by atoms with Gasteiger partial charge in [-0.15, -0.1) is 0 Å². The van der Waals surface area contributed by atoms with E-state index in [0.717, 1.165) is 5.69 Å². The van der Waals surface area contributed by atoms with Crippen LogP contribution in [0.3, 0.4) is 0 Å². The van der Waals surface area contributed by atoms with Crippen LogP contribution in [-0.2, 0) is 33.1 Å². The monoisotopic (exact) mass is 435 g/mol. The highest BCUT2D eigenvalue weighted by Gasteiger charge is 2.28. The molecule has 1 aromatic heterocycles. The van der Waals surface area contributed by atoms with Gasteiger partial charge in [-0.25, -0.2) is 8.42 Å². The first-order valence-electron chi connectivity index (χ1n) is 10.2. The average molecular weight is 436 g/mol. The van der Waals surface area contributed by atoms with E-state index >= 15 is 0 Å². The number of hydrogen-bond acceptors (Lipinski definition) is 4. The van der Waals surface area contributed by atoms with Crippen molar-refractivity contribution < 1.29 is 17.9 Å². The summed E-state index contributed by atoms with van der Waals surface area (Å²) in [7, 11) is -0.274. The Morgan fingerprint density at radius 3 is 2.40 bits per heavy atom. The summed E-state index contributed by atoms with van der Waals surface area (Å²) in [6, 6.07) is 12.1. The Hall–Kier alpha value is -2.16. The van der Waals surface area contributed by atoms with E-state index in [2.05, 4.69) is 0 Å². The number of amides is 1. The molecule has 1 heterocycles. The molecule has 0 spiro atoms. The first-order chi connectivity index (χ1) is 14.3. The standard InChI is InChI=1S/C22H33N3O4S/c1-19(2)16-24(17-20-10-8-13-23(20)3)22(26)18-25(14-9-15-29-4)30(27,28)21-11-6-5-7-12-21/h5-8,10-13,19H,9,14-18H2,1-4H3. The molecule has 7 nitrogen and oxygen atoms in total. The number of hydrogen-bond donors (Lipinski definition) is 0. The number of carbonyl (C=O) groups excluding carboxylic acids is 1. The Labute approximate surface area is 180 Å². The van der Waals surface area contributed by atoms with Gasteiger partial charge in [-0.05, 0) is 36.6 Å². The summed E-state index contributed by atoms with van der Waals surface area (Å²) < 4.78 is 34.7. The summed E-state index contributed by atoms with van der Waals surface area (Å²) in [6.07, 6.45) is 2.45. The summed E-state index contributed by atoms with van der Waals surface area (Å²) >= 11 is 0. The number of ether oxygens (including phenoxy) is 1. The topological polar surface area (TPSA) is 71.8 Å². The lowest BCUT2D eigenvalue weighted by Gasteiger charge is -2.28. The number of carbonyl (C=O) groups is 1. The number of methoxy groups -OCH3 is 1. The quantitative estimate of drug-likeness (QED) is 0.481. The molecule has 0 saturated heterocycles. The van der Waals surface area contributed by atoms with Crippen molar-refractivity contribution >= 4 is 15.9 Å². The van der Waals surface area contributed by atoms with Crippen LogP contribution in [0.4, 0.5) is 0 Å². The molecular weight excluding hydrogens is 402 g/mol. The van der Waals surface area contributed by atoms with Gasteiger partial charge in [0.05, 0.1) is 18.0 Å². The molecule has 8 heteroatoms. The zero-order chi connectivity index (χ0) is 22.1. The summed E-state index contributed by atoms with van der Waals surface area (Å²) in [5.74, 6) is 0.0590. The van der Waals surface area contributed by atoms with E-state index in [-0.39, 0.29) is 29.8 Å². The van der Waals surface area contributed by atoms with Gasteiger partial charge in [0.25, 0.3) is 0 Å². The Balaban J connectivity index is 2.24. The lowest BCUT2D eigenvalue weighted by molar-refractivity contribution is -0.132. The van der Waals surface area contributed by atoms with E-state index in [1.54, 1.807) is 42.3 Å². The van der Waals surface area contributed by atoms with Crippen LogP contribution in [0.1, 0.15) is 26.0 Å². The van der Waals surface area contributed by atoms with Crippen LogP contribution in [0.15, 0.2) is 53.6 Å². The largest absolute Gasteiger partial charge is 0.385 e. The third-order valence-electron chi connectivity index (χ3n) is 4.79. The smallest absolute Gasteiger partial charge is 0.243 e. The molecule has 166 valence electrons. The molecule has 0 bridgehead atoms. The van der Waals surface area contributed by atoms with Crippen molar-refractivity contribution in [3.8, 4) is 0 Å². The Kier molecular flexibility index (Phi) is 9.08. The predicted molar refractivity (Wildman–Crippen MR) is 117 cm³/mol. The van der Waals surface area contributed by atoms with Crippen LogP contribution in [0.25, 0.3) is 0 Å². The zero-order valence-electron chi connectivity index (χ0n) is 18.3. The second-order valence-corrected chi connectivity index (χ2v) is 9.71. The maximum absolute atomic E-state index is 13.2. The highest BCUT2D eigenvalue weighted by atomic mass is 32.2. The van der Waals surface area contributed by atoms with Gasteiger partial charge in [-0.1, -0.05) is 32.0 Å². The number of benzene rings is 1. The minimum absolute atomic E-state index is 0.188. The zero-order valence-corrected chi connectivity index (χ0v) is 19.1. The van der Waals surface area contributed by atoms with Crippen LogP contribution in [0.2, 0.25) is 0 Å². The first-order valence-corrected chi connectivity index (χ1v) is 11.6. The van der Waals surface area contributed by atoms with E-state index in [4.69, 9.17) is 4.74 Å². The molecule has 30 heavy (non-hydrogen) atoms. The van der Waals surface area contributed by atoms with Crippen molar-refractivity contribution in [1.29, 1.82) is 0 Å². The normalized spacial score (nSPS) is 11.9. The number of rotatable bonds is 12. The van der Waals surface area contributed by atoms with Gasteiger partial charge >= 0.3 is 0 Å². The van der Waals surface area contributed by atoms with Gasteiger partial charge < -0.3 is 14.2 Å². The fraction of sp³-hybridized carbons (Fsp3) is 0.500. The summed E-state index contributed by atoms with van der Waals surface area (Å²) in [5.41, 5.74) is 1.00. The number of sulfonamides is 1. The molecule has 0 radical (unpaired) electrons. The molecule has 0 aliphatic heterocycles. The number of aromatic nitrogens is 1. The molecule has 1 amide bonds. The third kappa shape index (κ3) is 6.68. The summed E-state index contributed by atoms with van der Waals surface area (Å²) in [6.45, 7) is 5.53. The fourth-order valence-electron chi connectivity index (χ4n) is 3.21. The lowest BCUT2D eigenvalue weighted by Crippen LogP contribution is -2.44. The van der Waals surface area contributed by atoms with Crippen molar-refractivity contribution in [2.45, 2.75) is 31.7 Å². The van der Waals surface area contributed by atoms with Gasteiger partial charge in [-0.2, -0.15) is 4.31 Å². The van der Waals surface area contributed by atoms with E-state index in [1.807, 2.05) is 43.8 Å². The van der Waals surface area contributed by atoms with Gasteiger partial charge in [0.1, 0.15) is 0 Å². The third-order valence-corrected chi connectivity index (χ3v) is 6.65. The van der Waals surface area contributed by atoms with Crippen LogP contribution < -0.4 is 0 Å². The first kappa shape index (κ1) is 24.1. The van der Waals surface area contributed by atoms with Gasteiger partial charge in [0.2, 0.25) is 15.9 Å². The molecular formula is C22H33N3O4S. The van der Waals surface area contributed by atoms with Gasteiger partial charge in [0, 0.05) is 45.7 Å². The predicted octanol–water partition coefficient (Wildman–Crippen LogP) is 2.74. The Morgan fingerprint density at radius 2 is 1.83 bits per heavy atom. The van der Waals surface area contributed by atoms with Gasteiger partial charge in [0.15, 0.2) is 0 Å². The minimum Gasteiger partial charge on any atom is -0.385 e. The minimum atomic E-state index is -3.78. The lowest BCUT2D eigenvalue weighted by atomic mass is 10.2. The maximum Gasteiger partial charge on any atom is 0.243 e. The Morgan fingerprint density at radius 1 is 1.13 bits per heavy atom. The van der Waals surface area contributed by atoms with Crippen molar-refractivity contribution in [1.82, 2.24) is 13.8 Å². The highest BCUT2D eigenvalue weighted by Crippen LogP contribution is 2.17. The summed E-state index contributed by atoms with van der Waals surface area (Å²) in [4.78, 5) is 15.1. The number of nitrogens with zero attached hydrogens (tertiary/aromatic N) is 3. The molecule has 0 N–H and O–H groups in total. The molecule has 1 aromatic carbocycles. The van der Waals surface area contributed by atoms with Crippen molar-refractivity contribution in [3.63, 3.8) is 0 Å². The Bertz CT molecular complexity index is 894. The van der Waals surface area contributed by atoms with Crippen molar-refractivity contribution in [3.05, 3.63) is 54.4 Å². The molecule has 0 aliphatic carbocycles. The van der Waals surface area contributed by atoms with Crippen molar-refractivity contribution in [2.24, 2.45) is 13.0 Å². The average Bonchev–Trinajstić information content (AvgIpc) is 3.11. The van der Waals surface area contributed by atoms with Crippen LogP contribution in [0, 0.1) is 5.92 Å². The van der Waals surface area contributed by atoms with Gasteiger partial charge in [-0.3, -0.25) is 4.79 Å². The molecule has 0 aliphatic rings. The molecule has 0 fully saturated rings. The van der Waals surface area contributed by atoms with Crippen LogP contribution in [0.5, 0.6) is 0 Å². The van der Waals surface area contributed by atoms with E-state index in [0.29, 0.717) is 26.1 Å². The van der Waals surface area contributed by atoms with Crippen molar-refractivity contribution in [2.75, 3.05) is 33.4 Å². The maximum atomic E-state index is 13.2. The highest BCUT2D eigenvalue weighted by molar-refractivity contribution is 7.89. The molecule has 2 rings (SSSR count). The summed E-state index contributed by atoms with van der Waals surface area (Å²) in [5, 5.41) is 0. The fourth-order valence-corrected chi connectivity index (χ4v) is 4.66. The molecule has 0 saturated carbocycles. The van der Waals surface area contributed by atoms with Crippen LogP contribution in [-0.4, -0.2) is 61.4 Å². The molecule has 0 unspecified atom stereocenters.